The number of carbonyl (C=O) groups excluding carboxylic acids is 1. The number of aromatic nitrogens is 6. The highest BCUT2D eigenvalue weighted by atomic mass is 19.1. The Bertz CT molecular complexity index is 1530. The van der Waals surface area contributed by atoms with Gasteiger partial charge in [-0.05, 0) is 64.3 Å². The average molecular weight is 537 g/mol. The van der Waals surface area contributed by atoms with Crippen molar-refractivity contribution in [2.45, 2.75) is 57.7 Å². The molecule has 3 aromatic heterocycles. The van der Waals surface area contributed by atoms with Gasteiger partial charge >= 0.3 is 6.09 Å². The molecule has 0 radical (unpaired) electrons. The van der Waals surface area contributed by atoms with E-state index >= 15 is 0 Å². The lowest BCUT2D eigenvalue weighted by Crippen LogP contribution is -2.35. The van der Waals surface area contributed by atoms with E-state index in [0.717, 1.165) is 18.9 Å². The van der Waals surface area contributed by atoms with Crippen LogP contribution in [0.2, 0.25) is 0 Å². The minimum atomic E-state index is -0.550. The number of hydrogen-bond acceptors (Lipinski definition) is 7. The summed E-state index contributed by atoms with van der Waals surface area (Å²) in [6.07, 6.45) is 7.30. The standard InChI is InChI=1S/C27H30F2N8O2/c1-27(2,3)39-26(38)34-11-8-18(15-34)37-16-22(32-33-37)20-14-30-36-12-9-24(31-25(20)36)35-10-4-5-23(35)19-13-17(28)6-7-21(19)29/h6-7,9,12-14,16,18,23H,4-5,8,10-11,15H2,1-3H3. The maximum atomic E-state index is 14.6. The Balaban J connectivity index is 1.24. The molecule has 2 aliphatic rings. The summed E-state index contributed by atoms with van der Waals surface area (Å²) in [7, 11) is 0. The summed E-state index contributed by atoms with van der Waals surface area (Å²) in [4.78, 5) is 21.0. The zero-order chi connectivity index (χ0) is 27.3. The van der Waals surface area contributed by atoms with Crippen LogP contribution in [-0.2, 0) is 4.74 Å². The lowest BCUT2D eigenvalue weighted by Gasteiger charge is -2.26. The number of likely N-dealkylation sites (tertiary alicyclic amines) is 1. The first kappa shape index (κ1) is 25.2. The van der Waals surface area contributed by atoms with Crippen molar-refractivity contribution >= 4 is 17.6 Å². The SMILES string of the molecule is CC(C)(C)OC(=O)N1CCC(n2cc(-c3cnn4ccc(N5CCCC5c5cc(F)ccc5F)nc34)nn2)C1. The van der Waals surface area contributed by atoms with Gasteiger partial charge in [0.05, 0.1) is 30.0 Å². The molecule has 2 atom stereocenters. The van der Waals surface area contributed by atoms with E-state index in [1.807, 2.05) is 37.9 Å². The molecule has 1 amide bonds. The first-order valence-corrected chi connectivity index (χ1v) is 13.1. The Kier molecular flexibility index (Phi) is 6.19. The van der Waals surface area contributed by atoms with Crippen molar-refractivity contribution in [2.75, 3.05) is 24.5 Å². The van der Waals surface area contributed by atoms with Gasteiger partial charge in [-0.1, -0.05) is 5.21 Å². The quantitative estimate of drug-likeness (QED) is 0.370. The van der Waals surface area contributed by atoms with Crippen LogP contribution in [0, 0.1) is 11.6 Å². The van der Waals surface area contributed by atoms with Gasteiger partial charge in [0.1, 0.15) is 28.7 Å². The minimum Gasteiger partial charge on any atom is -0.444 e. The smallest absolute Gasteiger partial charge is 0.410 e. The Morgan fingerprint density at radius 1 is 1.13 bits per heavy atom. The summed E-state index contributed by atoms with van der Waals surface area (Å²) in [5.41, 5.74) is 1.69. The van der Waals surface area contributed by atoms with E-state index in [1.165, 1.54) is 12.1 Å². The van der Waals surface area contributed by atoms with Crippen molar-refractivity contribution in [1.29, 1.82) is 0 Å². The second kappa shape index (κ2) is 9.58. The Morgan fingerprint density at radius 3 is 2.79 bits per heavy atom. The molecule has 10 nitrogen and oxygen atoms in total. The fourth-order valence-electron chi connectivity index (χ4n) is 5.36. The summed E-state index contributed by atoms with van der Waals surface area (Å²) in [5, 5.41) is 13.1. The van der Waals surface area contributed by atoms with Gasteiger partial charge in [-0.25, -0.2) is 27.8 Å². The number of amides is 1. The zero-order valence-corrected chi connectivity index (χ0v) is 22.1. The summed E-state index contributed by atoms with van der Waals surface area (Å²) in [5.74, 6) is -0.223. The number of hydrogen-bond donors (Lipinski definition) is 0. The molecule has 0 saturated carbocycles. The van der Waals surface area contributed by atoms with E-state index in [4.69, 9.17) is 9.72 Å². The number of fused-ring (bicyclic) bond motifs is 1. The Hall–Kier alpha value is -4.09. The lowest BCUT2D eigenvalue weighted by molar-refractivity contribution is 0.0288. The van der Waals surface area contributed by atoms with Gasteiger partial charge in [0.25, 0.3) is 0 Å². The van der Waals surface area contributed by atoms with Gasteiger partial charge in [-0.2, -0.15) is 5.10 Å². The van der Waals surface area contributed by atoms with E-state index in [2.05, 4.69) is 15.4 Å². The minimum absolute atomic E-state index is 0.0179. The molecule has 0 aliphatic carbocycles. The van der Waals surface area contributed by atoms with Crippen molar-refractivity contribution in [3.05, 3.63) is 60.1 Å². The van der Waals surface area contributed by atoms with E-state index in [9.17, 15) is 13.6 Å². The molecule has 0 bridgehead atoms. The molecule has 204 valence electrons. The third kappa shape index (κ3) is 4.90. The molecule has 1 aromatic carbocycles. The second-order valence-electron chi connectivity index (χ2n) is 11.1. The molecule has 5 heterocycles. The molecule has 2 fully saturated rings. The number of benzene rings is 1. The van der Waals surface area contributed by atoms with E-state index < -0.39 is 17.2 Å². The third-order valence-corrected chi connectivity index (χ3v) is 7.19. The van der Waals surface area contributed by atoms with Crippen LogP contribution in [0.15, 0.2) is 42.9 Å². The molecule has 4 aromatic rings. The van der Waals surface area contributed by atoms with Crippen LogP contribution in [0.25, 0.3) is 16.9 Å². The molecule has 39 heavy (non-hydrogen) atoms. The highest BCUT2D eigenvalue weighted by molar-refractivity contribution is 5.75. The fraction of sp³-hybridized carbons (Fsp3) is 0.444. The fourth-order valence-corrected chi connectivity index (χ4v) is 5.36. The molecule has 2 unspecified atom stereocenters. The highest BCUT2D eigenvalue weighted by Gasteiger charge is 2.32. The summed E-state index contributed by atoms with van der Waals surface area (Å²) < 4.78 is 37.5. The van der Waals surface area contributed by atoms with Crippen molar-refractivity contribution in [2.24, 2.45) is 0 Å². The summed E-state index contributed by atoms with van der Waals surface area (Å²) in [6.45, 7) is 7.30. The van der Waals surface area contributed by atoms with Crippen LogP contribution in [0.3, 0.4) is 0 Å². The summed E-state index contributed by atoms with van der Waals surface area (Å²) in [6, 6.07) is 5.09. The molecular weight excluding hydrogens is 506 g/mol. The topological polar surface area (TPSA) is 93.7 Å². The van der Waals surface area contributed by atoms with E-state index in [1.54, 1.807) is 26.5 Å². The van der Waals surface area contributed by atoms with Gasteiger partial charge in [-0.15, -0.1) is 5.10 Å². The van der Waals surface area contributed by atoms with Crippen LogP contribution < -0.4 is 4.90 Å². The number of anilines is 1. The maximum Gasteiger partial charge on any atom is 0.410 e. The highest BCUT2D eigenvalue weighted by Crippen LogP contribution is 2.37. The van der Waals surface area contributed by atoms with E-state index in [0.29, 0.717) is 54.3 Å². The van der Waals surface area contributed by atoms with Crippen LogP contribution in [0.1, 0.15) is 57.7 Å². The first-order valence-electron chi connectivity index (χ1n) is 13.1. The van der Waals surface area contributed by atoms with Gasteiger partial charge in [0, 0.05) is 31.4 Å². The van der Waals surface area contributed by atoms with Gasteiger partial charge in [-0.3, -0.25) is 0 Å². The Morgan fingerprint density at radius 2 is 1.97 bits per heavy atom. The number of halogens is 2. The number of rotatable bonds is 4. The predicted molar refractivity (Wildman–Crippen MR) is 139 cm³/mol. The Labute approximate surface area is 224 Å². The largest absolute Gasteiger partial charge is 0.444 e. The number of carbonyl (C=O) groups is 1. The van der Waals surface area contributed by atoms with Crippen molar-refractivity contribution in [3.63, 3.8) is 0 Å². The normalized spacial score (nSPS) is 19.8. The molecule has 2 aliphatic heterocycles. The predicted octanol–water partition coefficient (Wildman–Crippen LogP) is 4.79. The van der Waals surface area contributed by atoms with Crippen LogP contribution in [-0.4, -0.2) is 65.8 Å². The van der Waals surface area contributed by atoms with Crippen LogP contribution in [0.5, 0.6) is 0 Å². The van der Waals surface area contributed by atoms with Crippen LogP contribution in [0.4, 0.5) is 19.4 Å². The summed E-state index contributed by atoms with van der Waals surface area (Å²) >= 11 is 0. The van der Waals surface area contributed by atoms with Crippen molar-refractivity contribution < 1.29 is 18.3 Å². The molecule has 12 heteroatoms. The first-order chi connectivity index (χ1) is 18.7. The lowest BCUT2D eigenvalue weighted by atomic mass is 10.0. The zero-order valence-electron chi connectivity index (χ0n) is 22.1. The van der Waals surface area contributed by atoms with Crippen LogP contribution >= 0.6 is 0 Å². The average Bonchev–Trinajstić information content (AvgIpc) is 3.69. The molecule has 0 spiro atoms. The monoisotopic (exact) mass is 536 g/mol. The molecular formula is C27H30F2N8O2. The number of ether oxygens (including phenoxy) is 1. The molecule has 2 saturated heterocycles. The van der Waals surface area contributed by atoms with Crippen molar-refractivity contribution in [1.82, 2.24) is 34.5 Å². The van der Waals surface area contributed by atoms with Gasteiger partial charge in [0.15, 0.2) is 5.65 Å². The number of nitrogens with zero attached hydrogens (tertiary/aromatic N) is 8. The second-order valence-corrected chi connectivity index (χ2v) is 11.1. The van der Waals surface area contributed by atoms with Gasteiger partial charge < -0.3 is 14.5 Å². The van der Waals surface area contributed by atoms with Gasteiger partial charge in [0.2, 0.25) is 0 Å². The maximum absolute atomic E-state index is 14.6. The molecule has 6 rings (SSSR count). The van der Waals surface area contributed by atoms with Crippen molar-refractivity contribution in [3.8, 4) is 11.3 Å². The third-order valence-electron chi connectivity index (χ3n) is 7.19. The van der Waals surface area contributed by atoms with E-state index in [-0.39, 0.29) is 18.2 Å². The molecule has 0 N–H and O–H groups in total.